The standard InChI is InChI=1S/C14H19FN2O2/c1-19-10-11-4-6-17(9-11)7-5-14(18)13-3-2-12(15)8-16-13/h2-3,8,11H,4-7,9-10H2,1H3. The Morgan fingerprint density at radius 3 is 3.11 bits per heavy atom. The number of hydrogen-bond acceptors (Lipinski definition) is 4. The Morgan fingerprint density at radius 2 is 2.42 bits per heavy atom. The minimum atomic E-state index is -0.418. The Hall–Kier alpha value is -1.33. The van der Waals surface area contributed by atoms with Gasteiger partial charge in [-0.3, -0.25) is 9.78 Å². The van der Waals surface area contributed by atoms with Gasteiger partial charge in [0.1, 0.15) is 11.5 Å². The smallest absolute Gasteiger partial charge is 0.182 e. The number of ketones is 1. The third-order valence-corrected chi connectivity index (χ3v) is 3.44. The molecular formula is C14H19FN2O2. The number of pyridine rings is 1. The van der Waals surface area contributed by atoms with E-state index in [1.165, 1.54) is 12.1 Å². The Kier molecular flexibility index (Phi) is 4.99. The first kappa shape index (κ1) is 14.1. The van der Waals surface area contributed by atoms with Gasteiger partial charge < -0.3 is 9.64 Å². The summed E-state index contributed by atoms with van der Waals surface area (Å²) in [6, 6.07) is 2.71. The molecule has 1 saturated heterocycles. The van der Waals surface area contributed by atoms with Crippen LogP contribution in [0.2, 0.25) is 0 Å². The molecule has 1 aliphatic rings. The maximum atomic E-state index is 12.7. The highest BCUT2D eigenvalue weighted by Crippen LogP contribution is 2.16. The van der Waals surface area contributed by atoms with Crippen molar-refractivity contribution < 1.29 is 13.9 Å². The fraction of sp³-hybridized carbons (Fsp3) is 0.571. The number of methoxy groups -OCH3 is 1. The van der Waals surface area contributed by atoms with Gasteiger partial charge in [-0.1, -0.05) is 0 Å². The van der Waals surface area contributed by atoms with Crippen LogP contribution in [0.1, 0.15) is 23.3 Å². The van der Waals surface area contributed by atoms with Crippen molar-refractivity contribution in [2.24, 2.45) is 5.92 Å². The molecule has 1 atom stereocenters. The van der Waals surface area contributed by atoms with Gasteiger partial charge in [-0.25, -0.2) is 4.39 Å². The molecule has 0 N–H and O–H groups in total. The van der Waals surface area contributed by atoms with E-state index in [1.807, 2.05) is 0 Å². The minimum absolute atomic E-state index is 0.0322. The number of nitrogens with zero attached hydrogens (tertiary/aromatic N) is 2. The molecule has 19 heavy (non-hydrogen) atoms. The SMILES string of the molecule is COCC1CCN(CCC(=O)c2ccc(F)cn2)C1. The summed E-state index contributed by atoms with van der Waals surface area (Å²) in [6.07, 6.45) is 2.63. The molecule has 0 saturated carbocycles. The van der Waals surface area contributed by atoms with E-state index < -0.39 is 5.82 Å². The summed E-state index contributed by atoms with van der Waals surface area (Å²) in [6.45, 7) is 3.51. The molecule has 0 radical (unpaired) electrons. The van der Waals surface area contributed by atoms with Gasteiger partial charge in [0, 0.05) is 26.6 Å². The normalized spacial score (nSPS) is 19.8. The Labute approximate surface area is 112 Å². The van der Waals surface area contributed by atoms with E-state index in [4.69, 9.17) is 4.74 Å². The van der Waals surface area contributed by atoms with Crippen molar-refractivity contribution in [3.8, 4) is 0 Å². The topological polar surface area (TPSA) is 42.4 Å². The van der Waals surface area contributed by atoms with Crippen LogP contribution in [-0.4, -0.2) is 49.0 Å². The molecule has 0 spiro atoms. The van der Waals surface area contributed by atoms with Gasteiger partial charge in [0.05, 0.1) is 12.8 Å². The number of Topliss-reactive ketones (excluding diaryl/α,β-unsaturated/α-hetero) is 1. The van der Waals surface area contributed by atoms with Crippen LogP contribution in [0.15, 0.2) is 18.3 Å². The molecule has 0 aliphatic carbocycles. The number of rotatable bonds is 6. The van der Waals surface area contributed by atoms with E-state index in [0.29, 0.717) is 18.0 Å². The lowest BCUT2D eigenvalue weighted by molar-refractivity contribution is 0.0961. The second-order valence-electron chi connectivity index (χ2n) is 4.95. The fourth-order valence-electron chi connectivity index (χ4n) is 2.42. The first-order valence-electron chi connectivity index (χ1n) is 6.55. The zero-order chi connectivity index (χ0) is 13.7. The minimum Gasteiger partial charge on any atom is -0.384 e. The second-order valence-corrected chi connectivity index (χ2v) is 4.95. The van der Waals surface area contributed by atoms with E-state index in [-0.39, 0.29) is 5.78 Å². The lowest BCUT2D eigenvalue weighted by Crippen LogP contribution is -2.25. The van der Waals surface area contributed by atoms with E-state index in [1.54, 1.807) is 7.11 Å². The average molecular weight is 266 g/mol. The number of likely N-dealkylation sites (tertiary alicyclic amines) is 1. The molecule has 0 amide bonds. The summed E-state index contributed by atoms with van der Waals surface area (Å²) in [4.78, 5) is 18.0. The molecule has 0 aromatic carbocycles. The van der Waals surface area contributed by atoms with Crippen molar-refractivity contribution in [3.05, 3.63) is 29.8 Å². The fourth-order valence-corrected chi connectivity index (χ4v) is 2.42. The van der Waals surface area contributed by atoms with Crippen molar-refractivity contribution in [1.29, 1.82) is 0 Å². The molecule has 4 nitrogen and oxygen atoms in total. The van der Waals surface area contributed by atoms with E-state index >= 15 is 0 Å². The van der Waals surface area contributed by atoms with Crippen molar-refractivity contribution in [1.82, 2.24) is 9.88 Å². The second kappa shape index (κ2) is 6.73. The zero-order valence-corrected chi connectivity index (χ0v) is 11.1. The number of carbonyl (C=O) groups excluding carboxylic acids is 1. The summed E-state index contributed by atoms with van der Waals surface area (Å²) in [7, 11) is 1.71. The van der Waals surface area contributed by atoms with E-state index in [2.05, 4.69) is 9.88 Å². The zero-order valence-electron chi connectivity index (χ0n) is 11.1. The molecule has 2 rings (SSSR count). The average Bonchev–Trinajstić information content (AvgIpc) is 2.85. The van der Waals surface area contributed by atoms with Gasteiger partial charge in [-0.2, -0.15) is 0 Å². The summed E-state index contributed by atoms with van der Waals surface area (Å²) in [5.41, 5.74) is 0.342. The number of hydrogen-bond donors (Lipinski definition) is 0. The van der Waals surface area contributed by atoms with Gasteiger partial charge in [-0.15, -0.1) is 0 Å². The van der Waals surface area contributed by atoms with Crippen LogP contribution in [0.5, 0.6) is 0 Å². The largest absolute Gasteiger partial charge is 0.384 e. The van der Waals surface area contributed by atoms with Crippen LogP contribution in [0, 0.1) is 11.7 Å². The summed E-state index contributed by atoms with van der Waals surface area (Å²) < 4.78 is 17.8. The molecule has 5 heteroatoms. The van der Waals surface area contributed by atoms with Crippen molar-refractivity contribution in [2.75, 3.05) is 33.4 Å². The van der Waals surface area contributed by atoms with Crippen LogP contribution in [0.25, 0.3) is 0 Å². The van der Waals surface area contributed by atoms with Gasteiger partial charge >= 0.3 is 0 Å². The Morgan fingerprint density at radius 1 is 1.58 bits per heavy atom. The first-order valence-corrected chi connectivity index (χ1v) is 6.55. The highest BCUT2D eigenvalue weighted by atomic mass is 19.1. The van der Waals surface area contributed by atoms with Gasteiger partial charge in [0.2, 0.25) is 0 Å². The third-order valence-electron chi connectivity index (χ3n) is 3.44. The van der Waals surface area contributed by atoms with Crippen LogP contribution >= 0.6 is 0 Å². The number of carbonyl (C=O) groups is 1. The van der Waals surface area contributed by atoms with Gasteiger partial charge in [0.25, 0.3) is 0 Å². The van der Waals surface area contributed by atoms with E-state index in [9.17, 15) is 9.18 Å². The number of ether oxygens (including phenoxy) is 1. The number of aromatic nitrogens is 1. The summed E-state index contributed by atoms with van der Waals surface area (Å²) in [5, 5.41) is 0. The highest BCUT2D eigenvalue weighted by molar-refractivity contribution is 5.94. The predicted molar refractivity (Wildman–Crippen MR) is 69.6 cm³/mol. The molecule has 0 bridgehead atoms. The molecule has 2 heterocycles. The van der Waals surface area contributed by atoms with Crippen LogP contribution in [0.3, 0.4) is 0 Å². The first-order chi connectivity index (χ1) is 9.19. The Balaban J connectivity index is 1.76. The molecule has 1 fully saturated rings. The monoisotopic (exact) mass is 266 g/mol. The number of halogens is 1. The highest BCUT2D eigenvalue weighted by Gasteiger charge is 2.22. The molecule has 1 aliphatic heterocycles. The van der Waals surface area contributed by atoms with Crippen LogP contribution in [-0.2, 0) is 4.74 Å². The molecule has 1 aromatic rings. The van der Waals surface area contributed by atoms with Crippen molar-refractivity contribution in [2.45, 2.75) is 12.8 Å². The summed E-state index contributed by atoms with van der Waals surface area (Å²) >= 11 is 0. The lowest BCUT2D eigenvalue weighted by Gasteiger charge is -2.15. The molecule has 1 aromatic heterocycles. The maximum Gasteiger partial charge on any atom is 0.182 e. The van der Waals surface area contributed by atoms with Crippen molar-refractivity contribution >= 4 is 5.78 Å². The van der Waals surface area contributed by atoms with Gasteiger partial charge in [-0.05, 0) is 31.0 Å². The maximum absolute atomic E-state index is 12.7. The molecule has 104 valence electrons. The van der Waals surface area contributed by atoms with Crippen molar-refractivity contribution in [3.63, 3.8) is 0 Å². The van der Waals surface area contributed by atoms with Gasteiger partial charge in [0.15, 0.2) is 5.78 Å². The third kappa shape index (κ3) is 4.08. The van der Waals surface area contributed by atoms with E-state index in [0.717, 1.165) is 38.9 Å². The molecular weight excluding hydrogens is 247 g/mol. The lowest BCUT2D eigenvalue weighted by atomic mass is 10.1. The summed E-state index contributed by atoms with van der Waals surface area (Å²) in [5.74, 6) is 0.123. The quantitative estimate of drug-likeness (QED) is 0.736. The van der Waals surface area contributed by atoms with Crippen LogP contribution in [0.4, 0.5) is 4.39 Å². The predicted octanol–water partition coefficient (Wildman–Crippen LogP) is 1.76. The molecule has 1 unspecified atom stereocenters. The Bertz CT molecular complexity index is 422. The van der Waals surface area contributed by atoms with Crippen LogP contribution < -0.4 is 0 Å².